The Labute approximate surface area is 230 Å². The molecule has 1 aromatic rings. The maximum Gasteiger partial charge on any atom is 0.249 e. The number of aliphatic hydroxyl groups is 1. The molecule has 6 rings (SSSR count). The minimum Gasteiger partial charge on any atom is -0.394 e. The van der Waals surface area contributed by atoms with Gasteiger partial charge in [-0.3, -0.25) is 14.4 Å². The van der Waals surface area contributed by atoms with Crippen LogP contribution in [0.3, 0.4) is 0 Å². The predicted octanol–water partition coefficient (Wildman–Crippen LogP) is 2.67. The van der Waals surface area contributed by atoms with E-state index in [9.17, 15) is 19.5 Å². The van der Waals surface area contributed by atoms with E-state index in [0.717, 1.165) is 31.2 Å². The van der Waals surface area contributed by atoms with Gasteiger partial charge in [-0.05, 0) is 32.3 Å². The fraction of sp³-hybridized carbons (Fsp3) is 0.581. The second-order valence-corrected chi connectivity index (χ2v) is 12.1. The molecule has 1 aliphatic carbocycles. The first-order valence-corrected chi connectivity index (χ1v) is 14.4. The normalized spacial score (nSPS) is 35.5. The quantitative estimate of drug-likeness (QED) is 0.588. The van der Waals surface area contributed by atoms with Gasteiger partial charge in [-0.2, -0.15) is 0 Å². The highest BCUT2D eigenvalue weighted by molar-refractivity contribution is 6.00. The van der Waals surface area contributed by atoms with Gasteiger partial charge in [-0.15, -0.1) is 0 Å². The van der Waals surface area contributed by atoms with E-state index >= 15 is 0 Å². The molecular weight excluding hydrogens is 494 g/mol. The lowest BCUT2D eigenvalue weighted by molar-refractivity contribution is -0.157. The highest BCUT2D eigenvalue weighted by Crippen LogP contribution is 2.58. The van der Waals surface area contributed by atoms with Gasteiger partial charge in [-0.25, -0.2) is 0 Å². The third-order valence-corrected chi connectivity index (χ3v) is 9.58. The number of carbonyl (C=O) groups excluding carboxylic acids is 3. The molecule has 3 amide bonds. The van der Waals surface area contributed by atoms with Gasteiger partial charge in [0.15, 0.2) is 0 Å². The predicted molar refractivity (Wildman–Crippen MR) is 145 cm³/mol. The van der Waals surface area contributed by atoms with Crippen LogP contribution in [-0.4, -0.2) is 86.6 Å². The maximum atomic E-state index is 14.4. The monoisotopic (exact) mass is 533 g/mol. The Hall–Kier alpha value is -2.97. The van der Waals surface area contributed by atoms with Crippen LogP contribution in [0.2, 0.25) is 0 Å². The smallest absolute Gasteiger partial charge is 0.249 e. The SMILES string of the molecule is C[C@H](CO)N1C(=O)[C@@H]2[C@@H]3C(=O)N(Cc4ccccc4)CC=C[C@]3(C)O[C@@]23C=CCN(C2CCCCC2)C(=O)C13. The van der Waals surface area contributed by atoms with Gasteiger partial charge in [0.1, 0.15) is 11.6 Å². The number of benzene rings is 1. The summed E-state index contributed by atoms with van der Waals surface area (Å²) >= 11 is 0. The van der Waals surface area contributed by atoms with Crippen molar-refractivity contribution in [3.8, 4) is 0 Å². The summed E-state index contributed by atoms with van der Waals surface area (Å²) in [6.07, 6.45) is 13.0. The fourth-order valence-corrected chi connectivity index (χ4v) is 7.76. The number of likely N-dealkylation sites (tertiary alicyclic amines) is 1. The van der Waals surface area contributed by atoms with Crippen molar-refractivity contribution in [1.29, 1.82) is 0 Å². The number of rotatable bonds is 5. The summed E-state index contributed by atoms with van der Waals surface area (Å²) in [5.74, 6) is -2.22. The molecule has 4 heterocycles. The molecule has 1 N–H and O–H groups in total. The first kappa shape index (κ1) is 26.3. The van der Waals surface area contributed by atoms with Gasteiger partial charge in [-0.1, -0.05) is 73.9 Å². The highest BCUT2D eigenvalue weighted by Gasteiger charge is 2.75. The summed E-state index contributed by atoms with van der Waals surface area (Å²) in [6.45, 7) is 4.66. The average Bonchev–Trinajstić information content (AvgIpc) is 3.23. The average molecular weight is 534 g/mol. The zero-order chi connectivity index (χ0) is 27.4. The van der Waals surface area contributed by atoms with Crippen molar-refractivity contribution in [2.24, 2.45) is 11.8 Å². The number of aliphatic hydroxyl groups excluding tert-OH is 1. The minimum absolute atomic E-state index is 0.122. The summed E-state index contributed by atoms with van der Waals surface area (Å²) in [4.78, 5) is 48.3. The Morgan fingerprint density at radius 3 is 2.38 bits per heavy atom. The Morgan fingerprint density at radius 2 is 1.67 bits per heavy atom. The molecule has 1 unspecified atom stereocenters. The van der Waals surface area contributed by atoms with Crippen LogP contribution in [0, 0.1) is 11.8 Å². The standard InChI is InChI=1S/C31H39N3O5/c1-21(20-35)34-26-29(38)33(23-13-7-4-8-14-23)18-10-16-31(26)25(28(34)37)24-27(36)32(17-9-15-30(24,2)39-31)19-22-11-5-3-6-12-22/h3,5-6,9-12,15-16,21,23-26,35H,4,7-8,13-14,17-20H2,1-2H3/t21-,24-,25+,26?,30+,31+/m1/s1. The van der Waals surface area contributed by atoms with Crippen LogP contribution in [0.25, 0.3) is 0 Å². The second kappa shape index (κ2) is 9.89. The van der Waals surface area contributed by atoms with Crippen molar-refractivity contribution < 1.29 is 24.2 Å². The topological polar surface area (TPSA) is 90.4 Å². The summed E-state index contributed by atoms with van der Waals surface area (Å²) < 4.78 is 6.89. The number of amides is 3. The molecule has 1 spiro atoms. The summed E-state index contributed by atoms with van der Waals surface area (Å²) in [6, 6.07) is 8.43. The van der Waals surface area contributed by atoms with Gasteiger partial charge in [0.2, 0.25) is 17.7 Å². The molecule has 4 aliphatic heterocycles. The summed E-state index contributed by atoms with van der Waals surface area (Å²) in [5.41, 5.74) is -1.31. The third kappa shape index (κ3) is 4.06. The van der Waals surface area contributed by atoms with Crippen LogP contribution in [0.15, 0.2) is 54.6 Å². The van der Waals surface area contributed by atoms with Gasteiger partial charge >= 0.3 is 0 Å². The van der Waals surface area contributed by atoms with Crippen molar-refractivity contribution in [1.82, 2.24) is 14.7 Å². The molecule has 3 fully saturated rings. The number of fused-ring (bicyclic) bond motifs is 2. The molecule has 0 bridgehead atoms. The number of hydrogen-bond acceptors (Lipinski definition) is 5. The Kier molecular flexibility index (Phi) is 6.66. The second-order valence-electron chi connectivity index (χ2n) is 12.1. The van der Waals surface area contributed by atoms with Crippen LogP contribution in [-0.2, 0) is 25.7 Å². The fourth-order valence-electron chi connectivity index (χ4n) is 7.76. The largest absolute Gasteiger partial charge is 0.394 e. The first-order chi connectivity index (χ1) is 18.8. The van der Waals surface area contributed by atoms with Crippen LogP contribution in [0.1, 0.15) is 51.5 Å². The van der Waals surface area contributed by atoms with E-state index in [1.54, 1.807) is 11.8 Å². The van der Waals surface area contributed by atoms with E-state index in [2.05, 4.69) is 0 Å². The Bertz CT molecular complexity index is 1190. The number of ether oxygens (including phenoxy) is 1. The van der Waals surface area contributed by atoms with Gasteiger partial charge < -0.3 is 24.5 Å². The van der Waals surface area contributed by atoms with Crippen molar-refractivity contribution in [2.75, 3.05) is 19.7 Å². The van der Waals surface area contributed by atoms with E-state index in [-0.39, 0.29) is 30.4 Å². The maximum absolute atomic E-state index is 14.4. The first-order valence-electron chi connectivity index (χ1n) is 14.4. The number of hydrogen-bond donors (Lipinski definition) is 1. The van der Waals surface area contributed by atoms with Crippen molar-refractivity contribution in [3.05, 3.63) is 60.2 Å². The van der Waals surface area contributed by atoms with Gasteiger partial charge in [0, 0.05) is 25.7 Å². The van der Waals surface area contributed by atoms with Crippen LogP contribution in [0.5, 0.6) is 0 Å². The number of nitrogens with zero attached hydrogens (tertiary/aromatic N) is 3. The molecule has 8 nitrogen and oxygen atoms in total. The third-order valence-electron chi connectivity index (χ3n) is 9.58. The lowest BCUT2D eigenvalue weighted by Gasteiger charge is -2.41. The van der Waals surface area contributed by atoms with E-state index < -0.39 is 35.1 Å². The van der Waals surface area contributed by atoms with E-state index in [1.807, 2.05) is 66.5 Å². The zero-order valence-corrected chi connectivity index (χ0v) is 22.9. The van der Waals surface area contributed by atoms with Crippen molar-refractivity contribution in [2.45, 2.75) is 81.8 Å². The Morgan fingerprint density at radius 1 is 0.949 bits per heavy atom. The molecule has 39 heavy (non-hydrogen) atoms. The molecule has 1 saturated carbocycles. The van der Waals surface area contributed by atoms with Gasteiger partial charge in [0.25, 0.3) is 0 Å². The van der Waals surface area contributed by atoms with Crippen molar-refractivity contribution >= 4 is 17.7 Å². The molecular formula is C31H39N3O5. The number of carbonyl (C=O) groups is 3. The van der Waals surface area contributed by atoms with E-state index in [4.69, 9.17) is 4.74 Å². The van der Waals surface area contributed by atoms with E-state index in [1.165, 1.54) is 11.3 Å². The molecule has 2 saturated heterocycles. The van der Waals surface area contributed by atoms with Crippen LogP contribution < -0.4 is 0 Å². The molecule has 8 heteroatoms. The van der Waals surface area contributed by atoms with Gasteiger partial charge in [0.05, 0.1) is 30.1 Å². The van der Waals surface area contributed by atoms with Crippen LogP contribution >= 0.6 is 0 Å². The zero-order valence-electron chi connectivity index (χ0n) is 22.9. The molecule has 208 valence electrons. The minimum atomic E-state index is -1.28. The molecule has 6 atom stereocenters. The molecule has 1 aromatic carbocycles. The molecule has 0 aromatic heterocycles. The Balaban J connectivity index is 1.42. The lowest BCUT2D eigenvalue weighted by atomic mass is 9.74. The molecule has 5 aliphatic rings. The lowest BCUT2D eigenvalue weighted by Crippen LogP contribution is -2.59. The highest BCUT2D eigenvalue weighted by atomic mass is 16.5. The van der Waals surface area contributed by atoms with Crippen molar-refractivity contribution in [3.63, 3.8) is 0 Å². The van der Waals surface area contributed by atoms with Crippen LogP contribution in [0.4, 0.5) is 0 Å². The summed E-state index contributed by atoms with van der Waals surface area (Å²) in [5, 5.41) is 10.2. The molecule has 0 radical (unpaired) electrons. The van der Waals surface area contributed by atoms with E-state index in [0.29, 0.717) is 19.6 Å². The summed E-state index contributed by atoms with van der Waals surface area (Å²) in [7, 11) is 0.